The molecule has 28 heavy (non-hydrogen) atoms. The highest BCUT2D eigenvalue weighted by Crippen LogP contribution is 2.23. The number of piperidine rings is 1. The summed E-state index contributed by atoms with van der Waals surface area (Å²) in [6.45, 7) is 3.69. The van der Waals surface area contributed by atoms with Crippen molar-refractivity contribution in [2.45, 2.75) is 38.6 Å². The fourth-order valence-electron chi connectivity index (χ4n) is 3.51. The maximum Gasteiger partial charge on any atom is 0.414 e. The number of likely N-dealkylation sites (tertiary alicyclic amines) is 1. The summed E-state index contributed by atoms with van der Waals surface area (Å²) in [5, 5.41) is 10.8. The zero-order valence-corrected chi connectivity index (χ0v) is 15.5. The van der Waals surface area contributed by atoms with E-state index in [4.69, 9.17) is 9.47 Å². The van der Waals surface area contributed by atoms with E-state index in [0.717, 1.165) is 25.2 Å². The highest BCUT2D eigenvalue weighted by molar-refractivity contribution is 5.79. The number of benzene rings is 1. The predicted octanol–water partition coefficient (Wildman–Crippen LogP) is 1.93. The van der Waals surface area contributed by atoms with Gasteiger partial charge in [-0.05, 0) is 16.1 Å². The van der Waals surface area contributed by atoms with Crippen molar-refractivity contribution in [1.82, 2.24) is 14.5 Å². The number of fused-ring (bicyclic) bond motifs is 1. The Morgan fingerprint density at radius 1 is 1.29 bits per heavy atom. The molecule has 2 aliphatic rings. The van der Waals surface area contributed by atoms with E-state index in [9.17, 15) is 14.9 Å². The van der Waals surface area contributed by atoms with Crippen molar-refractivity contribution < 1.29 is 19.2 Å². The molecule has 0 spiro atoms. The van der Waals surface area contributed by atoms with Gasteiger partial charge in [0.25, 0.3) is 0 Å². The van der Waals surface area contributed by atoms with Gasteiger partial charge in [0, 0.05) is 37.5 Å². The number of Topliss-reactive ketones (excluding diaryl/α,β-unsaturated/α-hetero) is 1. The average molecular weight is 386 g/mol. The molecule has 9 heteroatoms. The van der Waals surface area contributed by atoms with Gasteiger partial charge in [0.05, 0.1) is 13.2 Å². The number of ketones is 1. The average Bonchev–Trinajstić information content (AvgIpc) is 3.12. The maximum absolute atomic E-state index is 11.4. The Labute approximate surface area is 162 Å². The highest BCUT2D eigenvalue weighted by atomic mass is 16.6. The number of nitrogens with zero attached hydrogens (tertiary/aromatic N) is 4. The molecule has 1 aromatic carbocycles. The minimum atomic E-state index is -0.533. The van der Waals surface area contributed by atoms with Crippen LogP contribution in [0.3, 0.4) is 0 Å². The van der Waals surface area contributed by atoms with Gasteiger partial charge in [-0.25, -0.2) is 0 Å². The lowest BCUT2D eigenvalue weighted by Gasteiger charge is -2.26. The Morgan fingerprint density at radius 3 is 2.86 bits per heavy atom. The lowest BCUT2D eigenvalue weighted by molar-refractivity contribution is -0.389. The van der Waals surface area contributed by atoms with E-state index in [0.29, 0.717) is 38.4 Å². The minimum Gasteiger partial charge on any atom is -0.443 e. The molecule has 0 radical (unpaired) electrons. The second-order valence-corrected chi connectivity index (χ2v) is 7.17. The third-order valence-corrected chi connectivity index (χ3v) is 5.01. The fraction of sp³-hybridized carbons (Fsp3) is 0.474. The molecule has 3 heterocycles. The highest BCUT2D eigenvalue weighted by Gasteiger charge is 2.28. The summed E-state index contributed by atoms with van der Waals surface area (Å²) in [5.41, 5.74) is 2.26. The molecule has 1 saturated heterocycles. The summed E-state index contributed by atoms with van der Waals surface area (Å²) in [4.78, 5) is 27.8. The molecule has 1 unspecified atom stereocenters. The van der Waals surface area contributed by atoms with Crippen molar-refractivity contribution in [1.29, 1.82) is 0 Å². The fourth-order valence-corrected chi connectivity index (χ4v) is 3.51. The molecular formula is C19H22N4O5. The third-order valence-electron chi connectivity index (χ3n) is 5.01. The number of ether oxygens (including phenoxy) is 2. The SMILES string of the molecule is O=C1CCN(Cc2cccc(COC3COc4nc([N+](=O)[O-])cn4C3)c2)CC1. The second-order valence-electron chi connectivity index (χ2n) is 7.17. The molecule has 1 aromatic heterocycles. The number of nitro groups is 1. The number of aromatic nitrogens is 2. The molecule has 4 rings (SSSR count). The Bertz CT molecular complexity index is 871. The summed E-state index contributed by atoms with van der Waals surface area (Å²) < 4.78 is 13.0. The van der Waals surface area contributed by atoms with Crippen molar-refractivity contribution in [3.8, 4) is 6.01 Å². The lowest BCUT2D eigenvalue weighted by Crippen LogP contribution is -2.33. The Kier molecular flexibility index (Phi) is 5.36. The van der Waals surface area contributed by atoms with Crippen LogP contribution in [-0.2, 0) is 29.2 Å². The summed E-state index contributed by atoms with van der Waals surface area (Å²) >= 11 is 0. The van der Waals surface area contributed by atoms with Crippen LogP contribution in [0.2, 0.25) is 0 Å². The first-order valence-electron chi connectivity index (χ1n) is 9.34. The standard InChI is InChI=1S/C19H22N4O5/c24-16-4-6-21(7-5-16)9-14-2-1-3-15(8-14)12-27-17-10-22-11-18(23(25)26)20-19(22)28-13-17/h1-3,8,11,17H,4-7,9-10,12-13H2. The van der Waals surface area contributed by atoms with Crippen LogP contribution >= 0.6 is 0 Å². The number of hydrogen-bond donors (Lipinski definition) is 0. The summed E-state index contributed by atoms with van der Waals surface area (Å²) in [7, 11) is 0. The summed E-state index contributed by atoms with van der Waals surface area (Å²) in [6, 6.07) is 8.49. The van der Waals surface area contributed by atoms with Crippen molar-refractivity contribution in [3.63, 3.8) is 0 Å². The van der Waals surface area contributed by atoms with Crippen LogP contribution in [0, 0.1) is 10.1 Å². The van der Waals surface area contributed by atoms with Crippen LogP contribution in [0.4, 0.5) is 5.82 Å². The monoisotopic (exact) mass is 386 g/mol. The van der Waals surface area contributed by atoms with Gasteiger partial charge < -0.3 is 19.6 Å². The minimum absolute atomic E-state index is 0.196. The van der Waals surface area contributed by atoms with Gasteiger partial charge in [-0.2, -0.15) is 0 Å². The molecule has 9 nitrogen and oxygen atoms in total. The second kappa shape index (κ2) is 8.07. The lowest BCUT2D eigenvalue weighted by atomic mass is 10.1. The molecule has 0 amide bonds. The van der Waals surface area contributed by atoms with Gasteiger partial charge in [-0.15, -0.1) is 0 Å². The zero-order valence-electron chi connectivity index (χ0n) is 15.5. The maximum atomic E-state index is 11.4. The van der Waals surface area contributed by atoms with Gasteiger partial charge in [-0.3, -0.25) is 14.3 Å². The summed E-state index contributed by atoms with van der Waals surface area (Å²) in [5.74, 6) is 0.127. The molecule has 0 saturated carbocycles. The Morgan fingerprint density at radius 2 is 2.07 bits per heavy atom. The van der Waals surface area contributed by atoms with Crippen molar-refractivity contribution in [2.24, 2.45) is 0 Å². The van der Waals surface area contributed by atoms with E-state index in [1.165, 1.54) is 11.8 Å². The zero-order chi connectivity index (χ0) is 19.5. The molecule has 2 aromatic rings. The largest absolute Gasteiger partial charge is 0.443 e. The van der Waals surface area contributed by atoms with Crippen LogP contribution in [-0.4, -0.2) is 51.0 Å². The molecule has 0 N–H and O–H groups in total. The molecule has 148 valence electrons. The van der Waals surface area contributed by atoms with Crippen molar-refractivity contribution in [3.05, 3.63) is 51.7 Å². The molecular weight excluding hydrogens is 364 g/mol. The van der Waals surface area contributed by atoms with Crippen LogP contribution in [0.25, 0.3) is 0 Å². The van der Waals surface area contributed by atoms with Crippen LogP contribution in [0.1, 0.15) is 24.0 Å². The van der Waals surface area contributed by atoms with Crippen LogP contribution in [0.15, 0.2) is 30.5 Å². The van der Waals surface area contributed by atoms with E-state index >= 15 is 0 Å². The van der Waals surface area contributed by atoms with E-state index in [-0.39, 0.29) is 17.9 Å². The molecule has 1 fully saturated rings. The number of imidazole rings is 1. The predicted molar refractivity (Wildman–Crippen MR) is 98.9 cm³/mol. The van der Waals surface area contributed by atoms with Gasteiger partial charge in [0.2, 0.25) is 0 Å². The van der Waals surface area contributed by atoms with Gasteiger partial charge in [0.1, 0.15) is 24.7 Å². The number of carbonyl (C=O) groups is 1. The quantitative estimate of drug-likeness (QED) is 0.552. The number of carbonyl (C=O) groups excluding carboxylic acids is 1. The van der Waals surface area contributed by atoms with E-state index in [1.807, 2.05) is 12.1 Å². The van der Waals surface area contributed by atoms with Crippen molar-refractivity contribution >= 4 is 11.6 Å². The number of rotatable bonds is 6. The topological polar surface area (TPSA) is 99.7 Å². The first kappa shape index (κ1) is 18.6. The van der Waals surface area contributed by atoms with E-state index in [2.05, 4.69) is 22.0 Å². The molecule has 2 aliphatic heterocycles. The normalized spacial score (nSPS) is 19.9. The van der Waals surface area contributed by atoms with Crippen LogP contribution < -0.4 is 4.74 Å². The number of hydrogen-bond acceptors (Lipinski definition) is 7. The Hall–Kier alpha value is -2.78. The molecule has 0 bridgehead atoms. The van der Waals surface area contributed by atoms with E-state index < -0.39 is 4.92 Å². The molecule has 0 aliphatic carbocycles. The first-order valence-corrected chi connectivity index (χ1v) is 9.34. The van der Waals surface area contributed by atoms with Gasteiger partial charge in [0.15, 0.2) is 0 Å². The van der Waals surface area contributed by atoms with Crippen molar-refractivity contribution in [2.75, 3.05) is 19.7 Å². The smallest absolute Gasteiger partial charge is 0.414 e. The Balaban J connectivity index is 1.31. The summed E-state index contributed by atoms with van der Waals surface area (Å²) in [6.07, 6.45) is 2.45. The third kappa shape index (κ3) is 4.37. The molecule has 1 atom stereocenters. The van der Waals surface area contributed by atoms with Crippen LogP contribution in [0.5, 0.6) is 6.01 Å². The van der Waals surface area contributed by atoms with E-state index in [1.54, 1.807) is 4.57 Å². The van der Waals surface area contributed by atoms with Gasteiger partial charge in [-0.1, -0.05) is 24.3 Å². The first-order chi connectivity index (χ1) is 13.6. The van der Waals surface area contributed by atoms with Gasteiger partial charge >= 0.3 is 11.8 Å².